The minimum absolute atomic E-state index is 0.501. The average molecular weight is 525 g/mol. The van der Waals surface area contributed by atoms with Crippen LogP contribution in [-0.2, 0) is 13.1 Å². The van der Waals surface area contributed by atoms with Gasteiger partial charge in [0, 0.05) is 60.3 Å². The van der Waals surface area contributed by atoms with Crippen molar-refractivity contribution in [1.82, 2.24) is 24.4 Å². The van der Waals surface area contributed by atoms with Crippen LogP contribution >= 0.6 is 11.3 Å². The number of likely N-dealkylation sites (tertiary alicyclic amines) is 1. The van der Waals surface area contributed by atoms with Gasteiger partial charge in [-0.25, -0.2) is 15.0 Å². The molecule has 8 nitrogen and oxygen atoms in total. The highest BCUT2D eigenvalue weighted by atomic mass is 32.1. The first-order valence-electron chi connectivity index (χ1n) is 12.7. The topological polar surface area (TPSA) is 123 Å². The van der Waals surface area contributed by atoms with Crippen LogP contribution in [0.4, 0.5) is 0 Å². The molecule has 0 atom stereocenters. The fourth-order valence-electron chi connectivity index (χ4n) is 4.88. The highest BCUT2D eigenvalue weighted by molar-refractivity contribution is 7.09. The van der Waals surface area contributed by atoms with E-state index in [0.717, 1.165) is 78.1 Å². The second kappa shape index (κ2) is 12.1. The predicted molar refractivity (Wildman–Crippen MR) is 155 cm³/mol. The minimum Gasteiger partial charge on any atom is -0.390 e. The summed E-state index contributed by atoms with van der Waals surface area (Å²) in [6.45, 7) is 3.63. The predicted octanol–water partition coefficient (Wildman–Crippen LogP) is 5.07. The summed E-state index contributed by atoms with van der Waals surface area (Å²) in [5.74, 6) is 0. The Morgan fingerprint density at radius 1 is 0.921 bits per heavy atom. The fourth-order valence-corrected chi connectivity index (χ4v) is 5.56. The van der Waals surface area contributed by atoms with Crippen molar-refractivity contribution in [3.8, 4) is 22.5 Å². The van der Waals surface area contributed by atoms with Gasteiger partial charge < -0.3 is 16.0 Å². The molecule has 0 aliphatic carbocycles. The number of nitrogens with two attached hydrogens (primary N) is 2. The highest BCUT2D eigenvalue weighted by Crippen LogP contribution is 2.32. The molecule has 1 aliphatic rings. The van der Waals surface area contributed by atoms with Crippen molar-refractivity contribution in [3.05, 3.63) is 89.1 Å². The Hall–Kier alpha value is -3.92. The van der Waals surface area contributed by atoms with Gasteiger partial charge in [0.05, 0.1) is 29.7 Å². The van der Waals surface area contributed by atoms with E-state index in [4.69, 9.17) is 21.1 Å². The normalized spacial score (nSPS) is 14.2. The van der Waals surface area contributed by atoms with Crippen molar-refractivity contribution in [1.29, 1.82) is 5.41 Å². The summed E-state index contributed by atoms with van der Waals surface area (Å²) < 4.78 is 2.24. The smallest absolute Gasteiger partial charge is 0.100 e. The number of imidazole rings is 1. The number of rotatable bonds is 6. The molecule has 1 saturated heterocycles. The number of thiophene rings is 1. The Labute approximate surface area is 226 Å². The van der Waals surface area contributed by atoms with Crippen LogP contribution in [-0.4, -0.2) is 43.8 Å². The lowest BCUT2D eigenvalue weighted by Crippen LogP contribution is -2.33. The van der Waals surface area contributed by atoms with Gasteiger partial charge in [0.15, 0.2) is 0 Å². The summed E-state index contributed by atoms with van der Waals surface area (Å²) in [7, 11) is 0. The Kier molecular flexibility index (Phi) is 8.18. The lowest BCUT2D eigenvalue weighted by Gasteiger charge is -2.32. The van der Waals surface area contributed by atoms with Crippen LogP contribution in [0, 0.1) is 5.41 Å². The van der Waals surface area contributed by atoms with Crippen LogP contribution in [0.5, 0.6) is 0 Å². The van der Waals surface area contributed by atoms with E-state index in [1.165, 1.54) is 5.56 Å². The number of nitrogens with one attached hydrogen (secondary N) is 1. The molecule has 5 N–H and O–H groups in total. The molecule has 1 fully saturated rings. The zero-order chi connectivity index (χ0) is 26.3. The molecule has 0 bridgehead atoms. The van der Waals surface area contributed by atoms with Crippen LogP contribution in [0.25, 0.3) is 33.5 Å². The van der Waals surface area contributed by atoms with E-state index in [0.29, 0.717) is 12.6 Å². The van der Waals surface area contributed by atoms with Crippen LogP contribution in [0.15, 0.2) is 77.9 Å². The van der Waals surface area contributed by atoms with Gasteiger partial charge in [-0.15, -0.1) is 11.3 Å². The number of nitrogens with zero attached hydrogens (tertiary/aromatic N) is 5. The largest absolute Gasteiger partial charge is 0.390 e. The molecule has 0 amide bonds. The molecule has 9 heteroatoms. The summed E-state index contributed by atoms with van der Waals surface area (Å²) in [6.07, 6.45) is 7.05. The summed E-state index contributed by atoms with van der Waals surface area (Å²) in [5.41, 5.74) is 18.4. The van der Waals surface area contributed by atoms with E-state index in [2.05, 4.69) is 85.7 Å². The monoisotopic (exact) mass is 524 g/mol. The Morgan fingerprint density at radius 3 is 2.11 bits per heavy atom. The third-order valence-corrected chi connectivity index (χ3v) is 7.55. The van der Waals surface area contributed by atoms with Crippen molar-refractivity contribution >= 4 is 28.7 Å². The van der Waals surface area contributed by atoms with E-state index in [1.807, 2.05) is 12.4 Å². The molecular formula is C29H32N8S. The van der Waals surface area contributed by atoms with Gasteiger partial charge in [-0.2, -0.15) is 0 Å². The number of fused-ring (bicyclic) bond motifs is 1. The van der Waals surface area contributed by atoms with E-state index >= 15 is 0 Å². The van der Waals surface area contributed by atoms with Crippen LogP contribution in [0.1, 0.15) is 30.1 Å². The van der Waals surface area contributed by atoms with Crippen molar-refractivity contribution in [2.45, 2.75) is 32.0 Å². The van der Waals surface area contributed by atoms with E-state index in [9.17, 15) is 0 Å². The summed E-state index contributed by atoms with van der Waals surface area (Å²) in [5, 5.41) is 9.99. The van der Waals surface area contributed by atoms with Crippen LogP contribution in [0.3, 0.4) is 0 Å². The fraction of sp³-hybridized carbons (Fsp3) is 0.241. The number of hydrogen-bond acceptors (Lipinski definition) is 7. The van der Waals surface area contributed by atoms with Gasteiger partial charge in [0.2, 0.25) is 0 Å². The van der Waals surface area contributed by atoms with Crippen molar-refractivity contribution in [2.75, 3.05) is 13.1 Å². The quantitative estimate of drug-likeness (QED) is 0.211. The van der Waals surface area contributed by atoms with E-state index < -0.39 is 0 Å². The van der Waals surface area contributed by atoms with Crippen molar-refractivity contribution in [3.63, 3.8) is 0 Å². The lowest BCUT2D eigenvalue weighted by atomic mass is 10.0. The van der Waals surface area contributed by atoms with Gasteiger partial charge >= 0.3 is 0 Å². The maximum atomic E-state index is 5.86. The third kappa shape index (κ3) is 5.80. The van der Waals surface area contributed by atoms with Gasteiger partial charge in [-0.05, 0) is 18.4 Å². The van der Waals surface area contributed by atoms with Gasteiger partial charge in [0.1, 0.15) is 11.0 Å². The Balaban J connectivity index is 0.000000937. The molecule has 0 spiro atoms. The SMILES string of the molecule is N=CN.NCc1cn(C2CCN(Cc3ccc(-c4nc5cscc5nc4-c4ccccc4)cc3)CC2)cn1. The van der Waals surface area contributed by atoms with Gasteiger partial charge in [-0.3, -0.25) is 10.3 Å². The number of aromatic nitrogens is 4. The minimum atomic E-state index is 0.501. The first-order chi connectivity index (χ1) is 18.7. The summed E-state index contributed by atoms with van der Waals surface area (Å²) in [4.78, 5) is 16.9. The highest BCUT2D eigenvalue weighted by Gasteiger charge is 2.21. The molecule has 4 heterocycles. The average Bonchev–Trinajstić information content (AvgIpc) is 3.64. The summed E-state index contributed by atoms with van der Waals surface area (Å²) >= 11 is 1.64. The van der Waals surface area contributed by atoms with E-state index in [1.54, 1.807) is 11.3 Å². The van der Waals surface area contributed by atoms with Gasteiger partial charge in [0.25, 0.3) is 0 Å². The molecule has 2 aromatic carbocycles. The second-order valence-corrected chi connectivity index (χ2v) is 10.1. The van der Waals surface area contributed by atoms with Gasteiger partial charge in [-0.1, -0.05) is 54.6 Å². The Bertz CT molecular complexity index is 1470. The molecule has 194 valence electrons. The molecule has 5 aromatic rings. The Morgan fingerprint density at radius 2 is 1.53 bits per heavy atom. The molecule has 1 aliphatic heterocycles. The zero-order valence-corrected chi connectivity index (χ0v) is 22.0. The van der Waals surface area contributed by atoms with E-state index in [-0.39, 0.29) is 0 Å². The number of benzene rings is 2. The van der Waals surface area contributed by atoms with Crippen LogP contribution in [0.2, 0.25) is 0 Å². The maximum Gasteiger partial charge on any atom is 0.100 e. The molecule has 6 rings (SSSR count). The first-order valence-corrected chi connectivity index (χ1v) is 13.7. The second-order valence-electron chi connectivity index (χ2n) is 9.32. The van der Waals surface area contributed by atoms with Crippen molar-refractivity contribution < 1.29 is 0 Å². The maximum absolute atomic E-state index is 5.86. The number of piperidine rings is 1. The lowest BCUT2D eigenvalue weighted by molar-refractivity contribution is 0.179. The molecule has 38 heavy (non-hydrogen) atoms. The zero-order valence-electron chi connectivity index (χ0n) is 21.2. The molecule has 0 radical (unpaired) electrons. The number of hydrogen-bond donors (Lipinski definition) is 3. The molecule has 3 aromatic heterocycles. The van der Waals surface area contributed by atoms with Crippen molar-refractivity contribution in [2.24, 2.45) is 11.5 Å². The molecule has 0 saturated carbocycles. The molecule has 0 unspecified atom stereocenters. The summed E-state index contributed by atoms with van der Waals surface area (Å²) in [6, 6.07) is 19.7. The standard InChI is InChI=1S/C28H28N6S.CH4N2/c29-14-23-16-34(19-30-23)24-10-12-33(13-11-24)15-20-6-8-22(9-7-20)28-27(21-4-2-1-3-5-21)31-25-17-35-18-26(25)32-28;2-1-3/h1-9,16-19,24H,10-15,29H2;1H,(H3,2,3). The molecular weight excluding hydrogens is 492 g/mol. The third-order valence-electron chi connectivity index (χ3n) is 6.83. The first kappa shape index (κ1) is 25.7. The van der Waals surface area contributed by atoms with Crippen LogP contribution < -0.4 is 11.5 Å².